The van der Waals surface area contributed by atoms with Crippen LogP contribution in [0.5, 0.6) is 0 Å². The fourth-order valence-corrected chi connectivity index (χ4v) is 4.09. The number of rotatable bonds is 8. The van der Waals surface area contributed by atoms with Crippen molar-refractivity contribution in [3.63, 3.8) is 0 Å². The average molecular weight is 425 g/mol. The molecule has 0 spiro atoms. The van der Waals surface area contributed by atoms with Gasteiger partial charge in [0.15, 0.2) is 0 Å². The minimum Gasteiger partial charge on any atom is -0.351 e. The minimum absolute atomic E-state index is 0.00588. The molecule has 3 rings (SSSR count). The predicted molar refractivity (Wildman–Crippen MR) is 115 cm³/mol. The number of hydrogen-bond donors (Lipinski definition) is 1. The Morgan fingerprint density at radius 1 is 0.900 bits per heavy atom. The molecule has 7 heteroatoms. The molecule has 3 aromatic rings. The second-order valence-electron chi connectivity index (χ2n) is 6.71. The third-order valence-electron chi connectivity index (χ3n) is 4.88. The second-order valence-corrected chi connectivity index (χ2v) is 8.64. The van der Waals surface area contributed by atoms with Crippen LogP contribution in [0.25, 0.3) is 0 Å². The first-order valence-corrected chi connectivity index (χ1v) is 10.9. The second kappa shape index (κ2) is 9.67. The number of nitrogens with one attached hydrogen (secondary N) is 1. The van der Waals surface area contributed by atoms with Crippen LogP contribution in [0.4, 0.5) is 0 Å². The molecule has 0 bridgehead atoms. The first-order valence-electron chi connectivity index (χ1n) is 9.44. The van der Waals surface area contributed by atoms with Crippen molar-refractivity contribution in [3.8, 4) is 0 Å². The summed E-state index contributed by atoms with van der Waals surface area (Å²) in [6.45, 7) is 0.416. The summed E-state index contributed by atoms with van der Waals surface area (Å²) in [5, 5.41) is 2.96. The highest BCUT2D eigenvalue weighted by Crippen LogP contribution is 2.24. The van der Waals surface area contributed by atoms with Crippen LogP contribution >= 0.6 is 0 Å². The maximum absolute atomic E-state index is 12.7. The van der Waals surface area contributed by atoms with E-state index in [9.17, 15) is 13.2 Å². The van der Waals surface area contributed by atoms with Gasteiger partial charge in [-0.25, -0.2) is 8.42 Å². The molecule has 0 saturated carbocycles. The number of sulfonamides is 1. The lowest BCUT2D eigenvalue weighted by Gasteiger charge is -2.19. The Hall–Kier alpha value is -3.00. The summed E-state index contributed by atoms with van der Waals surface area (Å²) in [5.41, 5.74) is 2.59. The number of hydroxylamine groups is 1. The SMILES string of the molecule is CON(C)S(=O)(=O)c1ccc(C(=O)NCC(c2ccccc2)c2ccccc2)cc1. The quantitative estimate of drug-likeness (QED) is 0.562. The maximum Gasteiger partial charge on any atom is 0.264 e. The molecule has 1 amide bonds. The molecule has 0 radical (unpaired) electrons. The van der Waals surface area contributed by atoms with E-state index in [-0.39, 0.29) is 16.7 Å². The summed E-state index contributed by atoms with van der Waals surface area (Å²) >= 11 is 0. The Kier molecular flexibility index (Phi) is 6.99. The van der Waals surface area contributed by atoms with Gasteiger partial charge in [0.25, 0.3) is 15.9 Å². The van der Waals surface area contributed by atoms with Gasteiger partial charge in [-0.3, -0.25) is 9.63 Å². The van der Waals surface area contributed by atoms with Crippen molar-refractivity contribution >= 4 is 15.9 Å². The van der Waals surface area contributed by atoms with Crippen molar-refractivity contribution in [3.05, 3.63) is 102 Å². The zero-order valence-corrected chi connectivity index (χ0v) is 17.7. The van der Waals surface area contributed by atoms with Crippen molar-refractivity contribution in [2.45, 2.75) is 10.8 Å². The van der Waals surface area contributed by atoms with Crippen LogP contribution in [-0.4, -0.2) is 39.5 Å². The molecule has 156 valence electrons. The van der Waals surface area contributed by atoms with E-state index < -0.39 is 10.0 Å². The third kappa shape index (κ3) is 4.94. The summed E-state index contributed by atoms with van der Waals surface area (Å²) < 4.78 is 25.3. The van der Waals surface area contributed by atoms with Crippen molar-refractivity contribution in [2.75, 3.05) is 20.7 Å². The van der Waals surface area contributed by atoms with E-state index in [1.165, 1.54) is 38.4 Å². The molecule has 1 N–H and O–H groups in total. The monoisotopic (exact) mass is 424 g/mol. The molecule has 0 aliphatic rings. The van der Waals surface area contributed by atoms with E-state index in [0.717, 1.165) is 15.6 Å². The van der Waals surface area contributed by atoms with Gasteiger partial charge in [0.1, 0.15) is 0 Å². The van der Waals surface area contributed by atoms with Gasteiger partial charge in [-0.1, -0.05) is 65.1 Å². The Bertz CT molecular complexity index is 1030. The highest BCUT2D eigenvalue weighted by atomic mass is 32.2. The number of nitrogens with zero attached hydrogens (tertiary/aromatic N) is 1. The standard InChI is InChI=1S/C23H24N2O4S/c1-25(29-2)30(27,28)21-15-13-20(14-16-21)23(26)24-17-22(18-9-5-3-6-10-18)19-11-7-4-8-12-19/h3-16,22H,17H2,1-2H3,(H,24,26). The van der Waals surface area contributed by atoms with E-state index in [0.29, 0.717) is 12.1 Å². The van der Waals surface area contributed by atoms with Gasteiger partial charge < -0.3 is 5.32 Å². The molecule has 0 saturated heterocycles. The van der Waals surface area contributed by atoms with Crippen molar-refractivity contribution in [2.24, 2.45) is 0 Å². The number of amides is 1. The normalized spacial score (nSPS) is 11.6. The summed E-state index contributed by atoms with van der Waals surface area (Å²) in [7, 11) is -1.17. The molecule has 0 aliphatic carbocycles. The van der Waals surface area contributed by atoms with Crippen LogP contribution in [0.3, 0.4) is 0 Å². The zero-order chi connectivity index (χ0) is 21.6. The Balaban J connectivity index is 1.75. The molecule has 30 heavy (non-hydrogen) atoms. The molecule has 0 heterocycles. The minimum atomic E-state index is -3.75. The van der Waals surface area contributed by atoms with Crippen molar-refractivity contribution in [1.82, 2.24) is 9.79 Å². The predicted octanol–water partition coefficient (Wildman–Crippen LogP) is 3.43. The third-order valence-corrected chi connectivity index (χ3v) is 6.57. The highest BCUT2D eigenvalue weighted by Gasteiger charge is 2.21. The van der Waals surface area contributed by atoms with E-state index >= 15 is 0 Å². The lowest BCUT2D eigenvalue weighted by atomic mass is 9.91. The van der Waals surface area contributed by atoms with Crippen molar-refractivity contribution in [1.29, 1.82) is 0 Å². The van der Waals surface area contributed by atoms with Gasteiger partial charge in [-0.15, -0.1) is 0 Å². The van der Waals surface area contributed by atoms with Gasteiger partial charge >= 0.3 is 0 Å². The van der Waals surface area contributed by atoms with Gasteiger partial charge in [-0.2, -0.15) is 0 Å². The van der Waals surface area contributed by atoms with Gasteiger partial charge in [0.05, 0.1) is 12.0 Å². The van der Waals surface area contributed by atoms with Gasteiger partial charge in [0.2, 0.25) is 0 Å². The number of carbonyl (C=O) groups excluding carboxylic acids is 1. The molecule has 0 atom stereocenters. The number of hydrogen-bond acceptors (Lipinski definition) is 4. The Labute approximate surface area is 177 Å². The molecule has 3 aromatic carbocycles. The summed E-state index contributed by atoms with van der Waals surface area (Å²) in [6, 6.07) is 25.7. The first-order chi connectivity index (χ1) is 14.4. The Morgan fingerprint density at radius 3 is 1.87 bits per heavy atom. The van der Waals surface area contributed by atoms with Gasteiger partial charge in [-0.05, 0) is 35.4 Å². The van der Waals surface area contributed by atoms with E-state index in [4.69, 9.17) is 4.84 Å². The molecular weight excluding hydrogens is 400 g/mol. The maximum atomic E-state index is 12.7. The summed E-state index contributed by atoms with van der Waals surface area (Å²) in [6.07, 6.45) is 0. The summed E-state index contributed by atoms with van der Waals surface area (Å²) in [5.74, 6) is -0.262. The van der Waals surface area contributed by atoms with Crippen molar-refractivity contribution < 1.29 is 18.0 Å². The largest absolute Gasteiger partial charge is 0.351 e. The fraction of sp³-hybridized carbons (Fsp3) is 0.174. The smallest absolute Gasteiger partial charge is 0.264 e. The molecule has 0 aromatic heterocycles. The van der Waals surface area contributed by atoms with E-state index in [2.05, 4.69) is 5.32 Å². The molecular formula is C23H24N2O4S. The molecule has 0 aliphatic heterocycles. The molecule has 0 fully saturated rings. The number of benzene rings is 3. The summed E-state index contributed by atoms with van der Waals surface area (Å²) in [4.78, 5) is 17.5. The highest BCUT2D eigenvalue weighted by molar-refractivity contribution is 7.89. The topological polar surface area (TPSA) is 75.7 Å². The van der Waals surface area contributed by atoms with Crippen LogP contribution in [0.2, 0.25) is 0 Å². The fourth-order valence-electron chi connectivity index (χ4n) is 3.12. The van der Waals surface area contributed by atoms with Gasteiger partial charge in [0, 0.05) is 25.1 Å². The molecule has 0 unspecified atom stereocenters. The van der Waals surface area contributed by atoms with Crippen LogP contribution in [0.15, 0.2) is 89.8 Å². The molecule has 6 nitrogen and oxygen atoms in total. The van der Waals surface area contributed by atoms with E-state index in [1.807, 2.05) is 60.7 Å². The number of carbonyl (C=O) groups is 1. The average Bonchev–Trinajstić information content (AvgIpc) is 2.80. The first kappa shape index (κ1) is 21.7. The van der Waals surface area contributed by atoms with Crippen LogP contribution in [-0.2, 0) is 14.9 Å². The zero-order valence-electron chi connectivity index (χ0n) is 16.9. The lowest BCUT2D eigenvalue weighted by Crippen LogP contribution is -2.29. The van der Waals surface area contributed by atoms with Crippen LogP contribution in [0, 0.1) is 0 Å². The lowest BCUT2D eigenvalue weighted by molar-refractivity contribution is -0.0258. The van der Waals surface area contributed by atoms with Crippen LogP contribution in [0.1, 0.15) is 27.4 Å². The van der Waals surface area contributed by atoms with E-state index in [1.54, 1.807) is 0 Å². The van der Waals surface area contributed by atoms with Crippen LogP contribution < -0.4 is 5.32 Å². The Morgan fingerprint density at radius 2 is 1.40 bits per heavy atom.